The number of rotatable bonds is 4. The smallest absolute Gasteiger partial charge is 0.129 e. The fourth-order valence-corrected chi connectivity index (χ4v) is 2.29. The van der Waals surface area contributed by atoms with Gasteiger partial charge in [-0.15, -0.1) is 0 Å². The summed E-state index contributed by atoms with van der Waals surface area (Å²) in [6.45, 7) is 2.27. The number of hydrogen-bond acceptors (Lipinski definition) is 2. The first-order chi connectivity index (χ1) is 9.29. The first-order valence-corrected chi connectivity index (χ1v) is 6.60. The molecule has 0 aliphatic rings. The highest BCUT2D eigenvalue weighted by Gasteiger charge is 2.10. The molecule has 0 radical (unpaired) electrons. The van der Waals surface area contributed by atoms with E-state index in [-0.39, 0.29) is 0 Å². The summed E-state index contributed by atoms with van der Waals surface area (Å²) in [5.41, 5.74) is 2.16. The molecule has 3 rings (SSSR count). The van der Waals surface area contributed by atoms with Crippen molar-refractivity contribution in [3.8, 4) is 5.75 Å². The molecule has 0 spiro atoms. The van der Waals surface area contributed by atoms with E-state index in [2.05, 4.69) is 17.1 Å². The van der Waals surface area contributed by atoms with Crippen LogP contribution in [0.3, 0.4) is 0 Å². The van der Waals surface area contributed by atoms with Crippen LogP contribution in [0.2, 0.25) is 0 Å². The van der Waals surface area contributed by atoms with Gasteiger partial charge in [-0.3, -0.25) is 0 Å². The number of aliphatic hydroxyl groups excluding tert-OH is 1. The van der Waals surface area contributed by atoms with E-state index < -0.39 is 6.10 Å². The van der Waals surface area contributed by atoms with Crippen LogP contribution in [0.15, 0.2) is 42.5 Å². The number of H-pyrrole nitrogens is 1. The first-order valence-electron chi connectivity index (χ1n) is 6.60. The van der Waals surface area contributed by atoms with Crippen molar-refractivity contribution in [2.24, 2.45) is 0 Å². The highest BCUT2D eigenvalue weighted by Crippen LogP contribution is 2.32. The van der Waals surface area contributed by atoms with Gasteiger partial charge in [0.25, 0.3) is 0 Å². The predicted octanol–water partition coefficient (Wildman–Crippen LogP) is 3.47. The van der Waals surface area contributed by atoms with Gasteiger partial charge in [-0.1, -0.05) is 31.2 Å². The second-order valence-electron chi connectivity index (χ2n) is 4.72. The van der Waals surface area contributed by atoms with Gasteiger partial charge >= 0.3 is 0 Å². The zero-order valence-corrected chi connectivity index (χ0v) is 10.9. The summed E-state index contributed by atoms with van der Waals surface area (Å²) < 4.78 is 5.77. The standard InChI is InChI=1S/C16H17NO2/c1-2-11(18)10-19-15-9-5-8-14-16(15)12-6-3-4-7-13(12)17-14/h3-9,11,17-18H,2,10H2,1H3/t11-/m1/s1. The highest BCUT2D eigenvalue weighted by molar-refractivity contribution is 6.10. The van der Waals surface area contributed by atoms with Crippen LogP contribution in [0.4, 0.5) is 0 Å². The second kappa shape index (κ2) is 4.94. The van der Waals surface area contributed by atoms with Crippen molar-refractivity contribution in [2.45, 2.75) is 19.4 Å². The summed E-state index contributed by atoms with van der Waals surface area (Å²) in [7, 11) is 0. The molecule has 0 fully saturated rings. The minimum Gasteiger partial charge on any atom is -0.490 e. The van der Waals surface area contributed by atoms with Crippen LogP contribution in [0.1, 0.15) is 13.3 Å². The lowest BCUT2D eigenvalue weighted by molar-refractivity contribution is 0.105. The molecule has 0 bridgehead atoms. The molecule has 0 unspecified atom stereocenters. The lowest BCUT2D eigenvalue weighted by Crippen LogP contribution is -2.16. The average molecular weight is 255 g/mol. The molecule has 98 valence electrons. The molecule has 1 heterocycles. The van der Waals surface area contributed by atoms with Gasteiger partial charge in [0.15, 0.2) is 0 Å². The Balaban J connectivity index is 2.08. The molecule has 1 aromatic heterocycles. The number of nitrogens with one attached hydrogen (secondary N) is 1. The molecule has 0 saturated heterocycles. The van der Waals surface area contributed by atoms with Gasteiger partial charge in [-0.2, -0.15) is 0 Å². The van der Waals surface area contributed by atoms with E-state index in [4.69, 9.17) is 4.74 Å². The number of aromatic amines is 1. The highest BCUT2D eigenvalue weighted by atomic mass is 16.5. The van der Waals surface area contributed by atoms with Crippen molar-refractivity contribution in [1.82, 2.24) is 4.98 Å². The molecule has 0 amide bonds. The quantitative estimate of drug-likeness (QED) is 0.749. The molecule has 3 nitrogen and oxygen atoms in total. The number of para-hydroxylation sites is 1. The third kappa shape index (κ3) is 2.17. The molecule has 1 atom stereocenters. The molecule has 0 aliphatic heterocycles. The summed E-state index contributed by atoms with van der Waals surface area (Å²) in [6, 6.07) is 14.1. The second-order valence-corrected chi connectivity index (χ2v) is 4.72. The average Bonchev–Trinajstić information content (AvgIpc) is 2.83. The van der Waals surface area contributed by atoms with Crippen LogP contribution in [0, 0.1) is 0 Å². The largest absolute Gasteiger partial charge is 0.490 e. The van der Waals surface area contributed by atoms with Crippen LogP contribution in [0.25, 0.3) is 21.8 Å². The zero-order chi connectivity index (χ0) is 13.2. The number of fused-ring (bicyclic) bond motifs is 3. The normalized spacial score (nSPS) is 12.9. The molecular formula is C16H17NO2. The van der Waals surface area contributed by atoms with Crippen molar-refractivity contribution in [3.63, 3.8) is 0 Å². The fraction of sp³-hybridized carbons (Fsp3) is 0.250. The Morgan fingerprint density at radius 3 is 2.74 bits per heavy atom. The van der Waals surface area contributed by atoms with E-state index in [1.807, 2.05) is 37.3 Å². The van der Waals surface area contributed by atoms with Gasteiger partial charge in [-0.25, -0.2) is 0 Å². The molecule has 2 N–H and O–H groups in total. The molecule has 0 saturated carbocycles. The van der Waals surface area contributed by atoms with Crippen LogP contribution in [-0.4, -0.2) is 22.8 Å². The Morgan fingerprint density at radius 2 is 1.89 bits per heavy atom. The minimum atomic E-state index is -0.416. The van der Waals surface area contributed by atoms with Gasteiger partial charge in [0, 0.05) is 16.3 Å². The van der Waals surface area contributed by atoms with Crippen LogP contribution in [-0.2, 0) is 0 Å². The lowest BCUT2D eigenvalue weighted by atomic mass is 10.1. The SMILES string of the molecule is CC[C@@H](O)COc1cccc2[nH]c3ccccc3c12. The van der Waals surface area contributed by atoms with E-state index >= 15 is 0 Å². The van der Waals surface area contributed by atoms with Gasteiger partial charge in [-0.05, 0) is 24.6 Å². The number of aliphatic hydroxyl groups is 1. The maximum atomic E-state index is 9.62. The van der Waals surface area contributed by atoms with E-state index in [1.165, 1.54) is 0 Å². The Bertz CT molecular complexity index is 702. The molecule has 3 aromatic rings. The van der Waals surface area contributed by atoms with Crippen molar-refractivity contribution in [1.29, 1.82) is 0 Å². The molecule has 3 heteroatoms. The van der Waals surface area contributed by atoms with Gasteiger partial charge < -0.3 is 14.8 Å². The number of aromatic nitrogens is 1. The van der Waals surface area contributed by atoms with Crippen molar-refractivity contribution in [2.75, 3.05) is 6.61 Å². The predicted molar refractivity (Wildman–Crippen MR) is 77.6 cm³/mol. The van der Waals surface area contributed by atoms with E-state index in [0.717, 1.165) is 27.6 Å². The molecule has 2 aromatic carbocycles. The monoisotopic (exact) mass is 255 g/mol. The van der Waals surface area contributed by atoms with E-state index in [9.17, 15) is 5.11 Å². The maximum absolute atomic E-state index is 9.62. The summed E-state index contributed by atoms with van der Waals surface area (Å²) in [4.78, 5) is 3.38. The van der Waals surface area contributed by atoms with Crippen molar-refractivity contribution in [3.05, 3.63) is 42.5 Å². The number of hydrogen-bond donors (Lipinski definition) is 2. The zero-order valence-electron chi connectivity index (χ0n) is 10.9. The Kier molecular flexibility index (Phi) is 3.13. The lowest BCUT2D eigenvalue weighted by Gasteiger charge is -2.11. The van der Waals surface area contributed by atoms with Crippen molar-refractivity contribution >= 4 is 21.8 Å². The molecule has 0 aliphatic carbocycles. The third-order valence-electron chi connectivity index (χ3n) is 3.39. The van der Waals surface area contributed by atoms with Crippen LogP contribution < -0.4 is 4.74 Å². The number of ether oxygens (including phenoxy) is 1. The van der Waals surface area contributed by atoms with Gasteiger partial charge in [0.2, 0.25) is 0 Å². The Morgan fingerprint density at radius 1 is 1.11 bits per heavy atom. The first kappa shape index (κ1) is 12.1. The minimum absolute atomic E-state index is 0.328. The van der Waals surface area contributed by atoms with Crippen molar-refractivity contribution < 1.29 is 9.84 Å². The molecule has 19 heavy (non-hydrogen) atoms. The van der Waals surface area contributed by atoms with E-state index in [0.29, 0.717) is 13.0 Å². The topological polar surface area (TPSA) is 45.2 Å². The summed E-state index contributed by atoms with van der Waals surface area (Å²) in [5.74, 6) is 0.822. The van der Waals surface area contributed by atoms with Crippen LogP contribution in [0.5, 0.6) is 5.75 Å². The van der Waals surface area contributed by atoms with Gasteiger partial charge in [0.05, 0.1) is 11.6 Å². The molecular weight excluding hydrogens is 238 g/mol. The fourth-order valence-electron chi connectivity index (χ4n) is 2.29. The third-order valence-corrected chi connectivity index (χ3v) is 3.39. The van der Waals surface area contributed by atoms with Crippen LogP contribution >= 0.6 is 0 Å². The maximum Gasteiger partial charge on any atom is 0.129 e. The Labute approximate surface area is 111 Å². The van der Waals surface area contributed by atoms with Gasteiger partial charge in [0.1, 0.15) is 12.4 Å². The summed E-state index contributed by atoms with van der Waals surface area (Å²) >= 11 is 0. The summed E-state index contributed by atoms with van der Waals surface area (Å²) in [5, 5.41) is 11.9. The van der Waals surface area contributed by atoms with E-state index in [1.54, 1.807) is 0 Å². The Hall–Kier alpha value is -2.00. The summed E-state index contributed by atoms with van der Waals surface area (Å²) in [6.07, 6.45) is 0.282. The number of benzene rings is 2.